The summed E-state index contributed by atoms with van der Waals surface area (Å²) in [7, 11) is 1.83. The summed E-state index contributed by atoms with van der Waals surface area (Å²) in [6.45, 7) is 6.64. The maximum absolute atomic E-state index is 12.3. The van der Waals surface area contributed by atoms with Crippen LogP contribution in [0.1, 0.15) is 29.5 Å². The summed E-state index contributed by atoms with van der Waals surface area (Å²) in [5.74, 6) is 0.0528. The molecule has 2 aromatic rings. The Morgan fingerprint density at radius 2 is 2.00 bits per heavy atom. The lowest BCUT2D eigenvalue weighted by Gasteiger charge is -2.51. The average Bonchev–Trinajstić information content (AvgIpc) is 2.85. The fraction of sp³-hybridized carbons (Fsp3) is 0.333. The van der Waals surface area contributed by atoms with E-state index in [0.29, 0.717) is 24.5 Å². The van der Waals surface area contributed by atoms with Gasteiger partial charge in [-0.25, -0.2) is 0 Å². The van der Waals surface area contributed by atoms with Gasteiger partial charge in [-0.05, 0) is 60.7 Å². The van der Waals surface area contributed by atoms with Gasteiger partial charge in [0.1, 0.15) is 0 Å². The molecule has 156 valence electrons. The molecule has 0 atom stereocenters. The number of carbonyl (C=O) groups excluding carboxylic acids is 2. The molecule has 2 amide bonds. The normalized spacial score (nSPS) is 17.6. The predicted octanol–water partition coefficient (Wildman–Crippen LogP) is 4.28. The van der Waals surface area contributed by atoms with Crippen LogP contribution in [0.3, 0.4) is 0 Å². The number of anilines is 2. The molecule has 0 aromatic heterocycles. The average molecular weight is 424 g/mol. The minimum absolute atomic E-state index is 0.0839. The van der Waals surface area contributed by atoms with E-state index >= 15 is 0 Å². The van der Waals surface area contributed by atoms with E-state index in [2.05, 4.69) is 30.1 Å². The molecule has 1 N–H and O–H groups in total. The first kappa shape index (κ1) is 20.5. The van der Waals surface area contributed by atoms with Crippen molar-refractivity contribution in [3.63, 3.8) is 0 Å². The van der Waals surface area contributed by atoms with Crippen molar-refractivity contribution in [1.82, 2.24) is 4.90 Å². The van der Waals surface area contributed by atoms with Gasteiger partial charge in [0.2, 0.25) is 11.8 Å². The molecule has 30 heavy (non-hydrogen) atoms. The van der Waals surface area contributed by atoms with Gasteiger partial charge in [0.15, 0.2) is 0 Å². The molecule has 0 aliphatic carbocycles. The maximum Gasteiger partial charge on any atom is 0.246 e. The number of nitrogens with zero attached hydrogens (tertiary/aromatic N) is 2. The molecule has 0 saturated carbocycles. The largest absolute Gasteiger partial charge is 0.372 e. The molecule has 5 nitrogen and oxygen atoms in total. The summed E-state index contributed by atoms with van der Waals surface area (Å²) in [5, 5.41) is 4.37. The van der Waals surface area contributed by atoms with E-state index in [0.717, 1.165) is 35.3 Å². The van der Waals surface area contributed by atoms with Gasteiger partial charge in [-0.2, -0.15) is 0 Å². The lowest BCUT2D eigenvalue weighted by Crippen LogP contribution is -2.65. The molecule has 0 spiro atoms. The van der Waals surface area contributed by atoms with Gasteiger partial charge in [0.25, 0.3) is 0 Å². The third kappa shape index (κ3) is 3.47. The smallest absolute Gasteiger partial charge is 0.246 e. The van der Waals surface area contributed by atoms with Gasteiger partial charge in [-0.1, -0.05) is 36.4 Å². The molecule has 6 heteroatoms. The van der Waals surface area contributed by atoms with Crippen LogP contribution in [0.2, 0.25) is 5.02 Å². The van der Waals surface area contributed by atoms with Crippen molar-refractivity contribution in [2.45, 2.75) is 31.7 Å². The van der Waals surface area contributed by atoms with Crippen molar-refractivity contribution >= 4 is 34.8 Å². The third-order valence-electron chi connectivity index (χ3n) is 6.23. The van der Waals surface area contributed by atoms with Crippen LogP contribution in [0.4, 0.5) is 11.4 Å². The second-order valence-electron chi connectivity index (χ2n) is 8.17. The van der Waals surface area contributed by atoms with E-state index in [1.165, 1.54) is 11.6 Å². The minimum atomic E-state index is -0.449. The Labute approximate surface area is 182 Å². The Morgan fingerprint density at radius 1 is 1.23 bits per heavy atom. The highest BCUT2D eigenvalue weighted by molar-refractivity contribution is 6.31. The summed E-state index contributed by atoms with van der Waals surface area (Å²) in [6.07, 6.45) is 3.68. The molecule has 1 fully saturated rings. The van der Waals surface area contributed by atoms with Gasteiger partial charge in [-0.3, -0.25) is 9.59 Å². The van der Waals surface area contributed by atoms with Crippen LogP contribution < -0.4 is 10.2 Å². The van der Waals surface area contributed by atoms with Gasteiger partial charge in [0.05, 0.1) is 18.6 Å². The summed E-state index contributed by atoms with van der Waals surface area (Å²) in [6, 6.07) is 12.1. The number of aryl methyl sites for hydroxylation is 1. The van der Waals surface area contributed by atoms with Gasteiger partial charge in [0, 0.05) is 29.9 Å². The lowest BCUT2D eigenvalue weighted by atomic mass is 9.79. The third-order valence-corrected chi connectivity index (χ3v) is 6.64. The Kier molecular flexibility index (Phi) is 5.33. The van der Waals surface area contributed by atoms with Crippen LogP contribution in [-0.4, -0.2) is 36.9 Å². The first-order valence-electron chi connectivity index (χ1n) is 10.2. The van der Waals surface area contributed by atoms with E-state index in [4.69, 9.17) is 11.6 Å². The fourth-order valence-electron chi connectivity index (χ4n) is 4.51. The molecule has 2 aromatic carbocycles. The van der Waals surface area contributed by atoms with E-state index in [9.17, 15) is 9.59 Å². The minimum Gasteiger partial charge on any atom is -0.372 e. The van der Waals surface area contributed by atoms with Crippen molar-refractivity contribution in [1.29, 1.82) is 0 Å². The number of nitrogens with one attached hydrogen (secondary N) is 1. The summed E-state index contributed by atoms with van der Waals surface area (Å²) in [4.78, 5) is 28.0. The standard InChI is InChI=1S/C24H26ClN3O2/c1-4-22(29)28-14-24(15-28,19-8-6-9-20(25)16(19)2)26-18-12-11-17-7-5-10-23(30)27(3)21(17)13-18/h4,6,8-9,11-13,26H,1,5,7,10,14-15H2,2-3H3. The van der Waals surface area contributed by atoms with Crippen LogP contribution in [0, 0.1) is 6.92 Å². The first-order valence-corrected chi connectivity index (χ1v) is 10.6. The molecule has 2 aliphatic rings. The van der Waals surface area contributed by atoms with E-state index in [1.807, 2.05) is 32.2 Å². The quantitative estimate of drug-likeness (QED) is 0.746. The first-order chi connectivity index (χ1) is 14.3. The number of benzene rings is 2. The van der Waals surface area contributed by atoms with Crippen molar-refractivity contribution in [3.8, 4) is 0 Å². The maximum atomic E-state index is 12.3. The SMILES string of the molecule is C=CC(=O)N1CC(Nc2ccc3c(c2)N(C)C(=O)CCC3)(c2cccc(Cl)c2C)C1. The predicted molar refractivity (Wildman–Crippen MR) is 121 cm³/mol. The molecular weight excluding hydrogens is 398 g/mol. The summed E-state index contributed by atoms with van der Waals surface area (Å²) in [5.41, 5.74) is 4.66. The second-order valence-corrected chi connectivity index (χ2v) is 8.57. The highest BCUT2D eigenvalue weighted by atomic mass is 35.5. The number of amides is 2. The Hall–Kier alpha value is -2.79. The van der Waals surface area contributed by atoms with Crippen LogP contribution in [-0.2, 0) is 21.5 Å². The second kappa shape index (κ2) is 7.80. The lowest BCUT2D eigenvalue weighted by molar-refractivity contribution is -0.132. The van der Waals surface area contributed by atoms with Crippen molar-refractivity contribution in [2.24, 2.45) is 0 Å². The molecular formula is C24H26ClN3O2. The Bertz CT molecular complexity index is 1030. The van der Waals surface area contributed by atoms with Gasteiger partial charge < -0.3 is 15.1 Å². The molecule has 0 bridgehead atoms. The van der Waals surface area contributed by atoms with Gasteiger partial charge in [-0.15, -0.1) is 0 Å². The summed E-state index contributed by atoms with van der Waals surface area (Å²) >= 11 is 6.41. The molecule has 2 aliphatic heterocycles. The number of carbonyl (C=O) groups is 2. The number of halogens is 1. The molecule has 0 radical (unpaired) electrons. The fourth-order valence-corrected chi connectivity index (χ4v) is 4.68. The molecule has 0 unspecified atom stereocenters. The number of hydrogen-bond acceptors (Lipinski definition) is 3. The number of fused-ring (bicyclic) bond motifs is 1. The van der Waals surface area contributed by atoms with E-state index in [-0.39, 0.29) is 11.8 Å². The van der Waals surface area contributed by atoms with Crippen LogP contribution >= 0.6 is 11.6 Å². The van der Waals surface area contributed by atoms with Crippen molar-refractivity contribution < 1.29 is 9.59 Å². The van der Waals surface area contributed by atoms with Crippen LogP contribution in [0.5, 0.6) is 0 Å². The zero-order valence-electron chi connectivity index (χ0n) is 17.4. The number of likely N-dealkylation sites (tertiary alicyclic amines) is 1. The van der Waals surface area contributed by atoms with Gasteiger partial charge >= 0.3 is 0 Å². The Balaban J connectivity index is 1.71. The topological polar surface area (TPSA) is 52.7 Å². The molecule has 4 rings (SSSR count). The zero-order valence-corrected chi connectivity index (χ0v) is 18.1. The monoisotopic (exact) mass is 423 g/mol. The Morgan fingerprint density at radius 3 is 2.73 bits per heavy atom. The van der Waals surface area contributed by atoms with Crippen LogP contribution in [0.25, 0.3) is 0 Å². The van der Waals surface area contributed by atoms with E-state index in [1.54, 1.807) is 9.80 Å². The molecule has 2 heterocycles. The number of hydrogen-bond donors (Lipinski definition) is 1. The zero-order chi connectivity index (χ0) is 21.5. The summed E-state index contributed by atoms with van der Waals surface area (Å²) < 4.78 is 0. The van der Waals surface area contributed by atoms with E-state index < -0.39 is 5.54 Å². The molecule has 1 saturated heterocycles. The van der Waals surface area contributed by atoms with Crippen molar-refractivity contribution in [3.05, 3.63) is 70.8 Å². The van der Waals surface area contributed by atoms with Crippen LogP contribution in [0.15, 0.2) is 49.1 Å². The van der Waals surface area contributed by atoms with Crippen molar-refractivity contribution in [2.75, 3.05) is 30.4 Å². The highest BCUT2D eigenvalue weighted by Crippen LogP contribution is 2.40. The number of rotatable bonds is 4. The highest BCUT2D eigenvalue weighted by Gasteiger charge is 2.47.